The summed E-state index contributed by atoms with van der Waals surface area (Å²) in [6.07, 6.45) is 1.62. The summed E-state index contributed by atoms with van der Waals surface area (Å²) in [6, 6.07) is 14.6. The average molecular weight is 326 g/mol. The molecule has 0 aliphatic rings. The molecule has 0 saturated carbocycles. The molecule has 0 aromatic heterocycles. The Balaban J connectivity index is 1.98. The Morgan fingerprint density at radius 3 is 2.62 bits per heavy atom. The van der Waals surface area contributed by atoms with Crippen molar-refractivity contribution in [2.75, 3.05) is 25.0 Å². The lowest BCUT2D eigenvalue weighted by atomic mass is 10.2. The van der Waals surface area contributed by atoms with Gasteiger partial charge in [0.2, 0.25) is 0 Å². The van der Waals surface area contributed by atoms with Crippen LogP contribution < -0.4 is 10.1 Å². The molecule has 0 unspecified atom stereocenters. The third-order valence-corrected chi connectivity index (χ3v) is 3.34. The Bertz CT molecular complexity index is 683. The van der Waals surface area contributed by atoms with E-state index in [1.165, 1.54) is 4.90 Å². The summed E-state index contributed by atoms with van der Waals surface area (Å²) in [4.78, 5) is 13.6. The number of carbonyl (C=O) groups is 1. The molecule has 0 bridgehead atoms. The standard InChI is InChI=1S/C19H22N2O3/c1-3-11-21(12-13-22)19(23)20-16-7-9-17(10-8-16)24-18-6-4-5-15(2)14-18/h3-10,14,22H,1,11-13H2,2H3,(H,20,23). The van der Waals surface area contributed by atoms with Gasteiger partial charge in [0.1, 0.15) is 11.5 Å². The van der Waals surface area contributed by atoms with Gasteiger partial charge in [0.25, 0.3) is 0 Å². The second-order valence-corrected chi connectivity index (χ2v) is 5.33. The summed E-state index contributed by atoms with van der Waals surface area (Å²) in [6.45, 7) is 6.16. The number of benzene rings is 2. The molecule has 2 N–H and O–H groups in total. The topological polar surface area (TPSA) is 61.8 Å². The fourth-order valence-corrected chi connectivity index (χ4v) is 2.18. The molecule has 5 nitrogen and oxygen atoms in total. The lowest BCUT2D eigenvalue weighted by Crippen LogP contribution is -2.37. The maximum absolute atomic E-state index is 12.1. The van der Waals surface area contributed by atoms with Crippen LogP contribution >= 0.6 is 0 Å². The van der Waals surface area contributed by atoms with Crippen LogP contribution in [-0.2, 0) is 0 Å². The van der Waals surface area contributed by atoms with Crippen LogP contribution in [0.15, 0.2) is 61.2 Å². The number of ether oxygens (including phenoxy) is 1. The molecule has 126 valence electrons. The zero-order valence-corrected chi connectivity index (χ0v) is 13.7. The SMILES string of the molecule is C=CCN(CCO)C(=O)Nc1ccc(Oc2cccc(C)c2)cc1. The van der Waals surface area contributed by atoms with Crippen molar-refractivity contribution in [3.63, 3.8) is 0 Å². The lowest BCUT2D eigenvalue weighted by Gasteiger charge is -2.20. The molecule has 5 heteroatoms. The quantitative estimate of drug-likeness (QED) is 0.761. The van der Waals surface area contributed by atoms with Crippen LogP contribution in [-0.4, -0.2) is 35.7 Å². The molecule has 0 heterocycles. The predicted octanol–water partition coefficient (Wildman–Crippen LogP) is 3.80. The highest BCUT2D eigenvalue weighted by Gasteiger charge is 2.11. The van der Waals surface area contributed by atoms with E-state index >= 15 is 0 Å². The van der Waals surface area contributed by atoms with E-state index in [4.69, 9.17) is 9.84 Å². The van der Waals surface area contributed by atoms with E-state index in [0.29, 0.717) is 18.0 Å². The van der Waals surface area contributed by atoms with Gasteiger partial charge in [0.15, 0.2) is 0 Å². The Morgan fingerprint density at radius 1 is 1.25 bits per heavy atom. The number of hydrogen-bond donors (Lipinski definition) is 2. The van der Waals surface area contributed by atoms with Gasteiger partial charge in [-0.1, -0.05) is 18.2 Å². The number of anilines is 1. The smallest absolute Gasteiger partial charge is 0.322 e. The molecule has 2 amide bonds. The predicted molar refractivity (Wildman–Crippen MR) is 95.6 cm³/mol. The molecule has 2 aromatic rings. The van der Waals surface area contributed by atoms with Crippen molar-refractivity contribution in [3.8, 4) is 11.5 Å². The average Bonchev–Trinajstić information content (AvgIpc) is 2.56. The number of nitrogens with zero attached hydrogens (tertiary/aromatic N) is 1. The highest BCUT2D eigenvalue weighted by molar-refractivity contribution is 5.89. The zero-order valence-electron chi connectivity index (χ0n) is 13.7. The molecule has 0 aliphatic carbocycles. The van der Waals surface area contributed by atoms with Gasteiger partial charge in [-0.15, -0.1) is 6.58 Å². The molecule has 0 radical (unpaired) electrons. The molecule has 0 aliphatic heterocycles. The van der Waals surface area contributed by atoms with Crippen molar-refractivity contribution in [3.05, 3.63) is 66.7 Å². The number of aryl methyl sites for hydroxylation is 1. The van der Waals surface area contributed by atoms with Crippen molar-refractivity contribution in [1.29, 1.82) is 0 Å². The van der Waals surface area contributed by atoms with Gasteiger partial charge in [0.05, 0.1) is 6.61 Å². The number of hydrogen-bond acceptors (Lipinski definition) is 3. The Labute approximate surface area is 142 Å². The highest BCUT2D eigenvalue weighted by atomic mass is 16.5. The molecule has 24 heavy (non-hydrogen) atoms. The van der Waals surface area contributed by atoms with Crippen LogP contribution in [0.1, 0.15) is 5.56 Å². The molecule has 0 saturated heterocycles. The summed E-state index contributed by atoms with van der Waals surface area (Å²) in [5.41, 5.74) is 1.78. The van der Waals surface area contributed by atoms with Crippen molar-refractivity contribution < 1.29 is 14.6 Å². The lowest BCUT2D eigenvalue weighted by molar-refractivity contribution is 0.195. The molecule has 0 fully saturated rings. The molecular formula is C19H22N2O3. The van der Waals surface area contributed by atoms with Gasteiger partial charge in [-0.05, 0) is 48.9 Å². The minimum atomic E-state index is -0.281. The first-order valence-electron chi connectivity index (χ1n) is 7.74. The first kappa shape index (κ1) is 17.6. The van der Waals surface area contributed by atoms with Crippen molar-refractivity contribution in [2.45, 2.75) is 6.92 Å². The van der Waals surface area contributed by atoms with Crippen LogP contribution in [0.2, 0.25) is 0 Å². The summed E-state index contributed by atoms with van der Waals surface area (Å²) in [5.74, 6) is 1.46. The van der Waals surface area contributed by atoms with Gasteiger partial charge in [0, 0.05) is 18.8 Å². The fourth-order valence-electron chi connectivity index (χ4n) is 2.18. The molecule has 2 rings (SSSR count). The monoisotopic (exact) mass is 326 g/mol. The van der Waals surface area contributed by atoms with Gasteiger partial charge >= 0.3 is 6.03 Å². The van der Waals surface area contributed by atoms with Crippen molar-refractivity contribution >= 4 is 11.7 Å². The van der Waals surface area contributed by atoms with E-state index in [1.54, 1.807) is 30.3 Å². The van der Waals surface area contributed by atoms with E-state index < -0.39 is 0 Å². The minimum absolute atomic E-state index is 0.0927. The molecule has 2 aromatic carbocycles. The number of nitrogens with one attached hydrogen (secondary N) is 1. The van der Waals surface area contributed by atoms with E-state index in [1.807, 2.05) is 31.2 Å². The normalized spacial score (nSPS) is 10.1. The van der Waals surface area contributed by atoms with Gasteiger partial charge in [-0.3, -0.25) is 0 Å². The van der Waals surface area contributed by atoms with Gasteiger partial charge in [-0.25, -0.2) is 4.79 Å². The zero-order chi connectivity index (χ0) is 17.4. The van der Waals surface area contributed by atoms with Crippen LogP contribution in [0.25, 0.3) is 0 Å². The Hall–Kier alpha value is -2.79. The van der Waals surface area contributed by atoms with E-state index in [-0.39, 0.29) is 19.2 Å². The molecule has 0 spiro atoms. The molecular weight excluding hydrogens is 304 g/mol. The van der Waals surface area contributed by atoms with E-state index in [2.05, 4.69) is 11.9 Å². The Morgan fingerprint density at radius 2 is 2.00 bits per heavy atom. The molecule has 0 atom stereocenters. The summed E-state index contributed by atoms with van der Waals surface area (Å²) in [5, 5.41) is 11.8. The Kier molecular flexibility index (Phi) is 6.40. The number of aliphatic hydroxyl groups is 1. The number of aliphatic hydroxyl groups excluding tert-OH is 1. The highest BCUT2D eigenvalue weighted by Crippen LogP contribution is 2.23. The maximum atomic E-state index is 12.1. The summed E-state index contributed by atoms with van der Waals surface area (Å²) >= 11 is 0. The van der Waals surface area contributed by atoms with Crippen LogP contribution in [0.5, 0.6) is 11.5 Å². The van der Waals surface area contributed by atoms with Crippen LogP contribution in [0.4, 0.5) is 10.5 Å². The van der Waals surface area contributed by atoms with Gasteiger partial charge < -0.3 is 20.1 Å². The second-order valence-electron chi connectivity index (χ2n) is 5.33. The van der Waals surface area contributed by atoms with Crippen LogP contribution in [0, 0.1) is 6.92 Å². The summed E-state index contributed by atoms with van der Waals surface area (Å²) < 4.78 is 5.77. The summed E-state index contributed by atoms with van der Waals surface area (Å²) in [7, 11) is 0. The first-order valence-corrected chi connectivity index (χ1v) is 7.74. The number of carbonyl (C=O) groups excluding carboxylic acids is 1. The number of amides is 2. The third-order valence-electron chi connectivity index (χ3n) is 3.34. The van der Waals surface area contributed by atoms with E-state index in [9.17, 15) is 4.79 Å². The second kappa shape index (κ2) is 8.74. The third kappa shape index (κ3) is 5.14. The van der Waals surface area contributed by atoms with Crippen LogP contribution in [0.3, 0.4) is 0 Å². The van der Waals surface area contributed by atoms with E-state index in [0.717, 1.165) is 11.3 Å². The number of urea groups is 1. The fraction of sp³-hybridized carbons (Fsp3) is 0.211. The van der Waals surface area contributed by atoms with Crippen molar-refractivity contribution in [2.24, 2.45) is 0 Å². The van der Waals surface area contributed by atoms with Crippen molar-refractivity contribution in [1.82, 2.24) is 4.90 Å². The number of rotatable bonds is 7. The minimum Gasteiger partial charge on any atom is -0.457 e. The maximum Gasteiger partial charge on any atom is 0.322 e. The largest absolute Gasteiger partial charge is 0.457 e. The first-order chi connectivity index (χ1) is 11.6. The van der Waals surface area contributed by atoms with Gasteiger partial charge in [-0.2, -0.15) is 0 Å².